The Morgan fingerprint density at radius 3 is 2.52 bits per heavy atom. The number of benzene rings is 2. The lowest BCUT2D eigenvalue weighted by molar-refractivity contribution is -0.307. The average molecular weight is 462 g/mol. The fraction of sp³-hybridized carbons (Fsp3) is 0.250. The Balaban J connectivity index is 2.42. The van der Waals surface area contributed by atoms with Crippen LogP contribution in [0.1, 0.15) is 24.1 Å². The number of carboxylic acid groups (broad SMARTS) is 1. The average Bonchev–Trinajstić information content (AvgIpc) is 2.70. The lowest BCUT2D eigenvalue weighted by Gasteiger charge is -2.25. The van der Waals surface area contributed by atoms with Crippen molar-refractivity contribution in [2.75, 3.05) is 25.6 Å². The third kappa shape index (κ3) is 5.86. The molecule has 29 heavy (non-hydrogen) atoms. The van der Waals surface area contributed by atoms with Crippen molar-refractivity contribution >= 4 is 33.6 Å². The molecular weight excluding hydrogens is 444 g/mol. The van der Waals surface area contributed by atoms with E-state index in [-0.39, 0.29) is 23.7 Å². The summed E-state index contributed by atoms with van der Waals surface area (Å²) in [6.07, 6.45) is 0. The van der Waals surface area contributed by atoms with E-state index in [1.54, 1.807) is 37.3 Å². The van der Waals surface area contributed by atoms with Crippen LogP contribution >= 0.6 is 15.9 Å². The highest BCUT2D eigenvalue weighted by atomic mass is 79.9. The first-order valence-corrected chi connectivity index (χ1v) is 9.32. The molecule has 9 heteroatoms. The van der Waals surface area contributed by atoms with E-state index < -0.39 is 24.6 Å². The maximum absolute atomic E-state index is 11.9. The number of hydrogen-bond acceptors (Lipinski definition) is 8. The van der Waals surface area contributed by atoms with Crippen LogP contribution in [0.5, 0.6) is 11.5 Å². The Bertz CT molecular complexity index is 924. The van der Waals surface area contributed by atoms with E-state index in [1.807, 2.05) is 6.07 Å². The molecule has 0 radical (unpaired) electrons. The molecular formula is C20H18BrN2O6-. The zero-order chi connectivity index (χ0) is 21.4. The molecule has 0 saturated carbocycles. The number of carbonyl (C=O) groups excluding carboxylic acids is 2. The monoisotopic (exact) mass is 461 g/mol. The van der Waals surface area contributed by atoms with Crippen LogP contribution in [0.4, 0.5) is 5.69 Å². The molecule has 0 spiro atoms. The van der Waals surface area contributed by atoms with Crippen LogP contribution in [0.3, 0.4) is 0 Å². The first-order chi connectivity index (χ1) is 13.9. The molecule has 2 aromatic carbocycles. The number of anilines is 1. The SMILES string of the molecule is CCOC(=O)COc1c(OC)cc(Br)cc1C(Nc1ccc(C#N)cc1)C(=O)[O-]. The van der Waals surface area contributed by atoms with Crippen molar-refractivity contribution in [3.8, 4) is 17.6 Å². The molecule has 8 nitrogen and oxygen atoms in total. The van der Waals surface area contributed by atoms with Gasteiger partial charge in [0.1, 0.15) is 0 Å². The number of methoxy groups -OCH3 is 1. The highest BCUT2D eigenvalue weighted by molar-refractivity contribution is 9.10. The molecule has 0 aliphatic heterocycles. The fourth-order valence-electron chi connectivity index (χ4n) is 2.51. The molecule has 2 aromatic rings. The molecule has 1 unspecified atom stereocenters. The first-order valence-electron chi connectivity index (χ1n) is 8.53. The molecule has 2 rings (SSSR count). The van der Waals surface area contributed by atoms with Gasteiger partial charge in [0.15, 0.2) is 18.1 Å². The predicted molar refractivity (Wildman–Crippen MR) is 105 cm³/mol. The van der Waals surface area contributed by atoms with Crippen LogP contribution in [0.25, 0.3) is 0 Å². The van der Waals surface area contributed by atoms with Crippen LogP contribution in [0.15, 0.2) is 40.9 Å². The summed E-state index contributed by atoms with van der Waals surface area (Å²) in [6.45, 7) is 1.43. The quantitative estimate of drug-likeness (QED) is 0.563. The number of halogens is 1. The van der Waals surface area contributed by atoms with Crippen molar-refractivity contribution in [1.82, 2.24) is 0 Å². The Kier molecular flexibility index (Phi) is 7.86. The molecule has 0 fully saturated rings. The van der Waals surface area contributed by atoms with Gasteiger partial charge < -0.3 is 29.4 Å². The minimum absolute atomic E-state index is 0.0686. The van der Waals surface area contributed by atoms with Gasteiger partial charge in [0.2, 0.25) is 0 Å². The van der Waals surface area contributed by atoms with Gasteiger partial charge >= 0.3 is 5.97 Å². The molecule has 152 valence electrons. The number of ether oxygens (including phenoxy) is 3. The number of nitriles is 1. The number of carbonyl (C=O) groups is 2. The maximum Gasteiger partial charge on any atom is 0.344 e. The second-order valence-corrected chi connectivity index (χ2v) is 6.62. The largest absolute Gasteiger partial charge is 0.548 e. The van der Waals surface area contributed by atoms with Gasteiger partial charge in [0, 0.05) is 15.7 Å². The van der Waals surface area contributed by atoms with Crippen LogP contribution in [0, 0.1) is 11.3 Å². The summed E-state index contributed by atoms with van der Waals surface area (Å²) in [6, 6.07) is 10.0. The summed E-state index contributed by atoms with van der Waals surface area (Å²) in [4.78, 5) is 23.6. The van der Waals surface area contributed by atoms with Gasteiger partial charge in [0.25, 0.3) is 0 Å². The summed E-state index contributed by atoms with van der Waals surface area (Å²) in [5, 5.41) is 23.6. The van der Waals surface area contributed by atoms with Gasteiger partial charge in [-0.15, -0.1) is 0 Å². The van der Waals surface area contributed by atoms with Gasteiger partial charge in [-0.1, -0.05) is 15.9 Å². The van der Waals surface area contributed by atoms with Crippen LogP contribution in [-0.2, 0) is 14.3 Å². The number of carboxylic acids is 1. The minimum atomic E-state index is -1.42. The summed E-state index contributed by atoms with van der Waals surface area (Å²) in [5.41, 5.74) is 1.07. The second kappa shape index (κ2) is 10.3. The van der Waals surface area contributed by atoms with Crippen molar-refractivity contribution in [2.45, 2.75) is 13.0 Å². The number of nitrogens with zero attached hydrogens (tertiary/aromatic N) is 1. The zero-order valence-corrected chi connectivity index (χ0v) is 17.3. The molecule has 0 saturated heterocycles. The van der Waals surface area contributed by atoms with E-state index in [9.17, 15) is 14.7 Å². The molecule has 0 aliphatic carbocycles. The molecule has 0 amide bonds. The smallest absolute Gasteiger partial charge is 0.344 e. The van der Waals surface area contributed by atoms with Crippen LogP contribution in [0.2, 0.25) is 0 Å². The highest BCUT2D eigenvalue weighted by Gasteiger charge is 2.23. The van der Waals surface area contributed by atoms with Gasteiger partial charge in [-0.25, -0.2) is 4.79 Å². The minimum Gasteiger partial charge on any atom is -0.548 e. The molecule has 0 heterocycles. The molecule has 0 aromatic heterocycles. The van der Waals surface area contributed by atoms with E-state index in [0.29, 0.717) is 15.7 Å². The second-order valence-electron chi connectivity index (χ2n) is 5.71. The molecule has 0 aliphatic rings. The van der Waals surface area contributed by atoms with Gasteiger partial charge in [-0.2, -0.15) is 5.26 Å². The fourth-order valence-corrected chi connectivity index (χ4v) is 2.97. The van der Waals surface area contributed by atoms with Gasteiger partial charge in [-0.05, 0) is 43.3 Å². The van der Waals surface area contributed by atoms with E-state index in [4.69, 9.17) is 19.5 Å². The number of hydrogen-bond donors (Lipinski definition) is 1. The molecule has 1 N–H and O–H groups in total. The van der Waals surface area contributed by atoms with Crippen molar-refractivity contribution in [2.24, 2.45) is 0 Å². The third-order valence-electron chi connectivity index (χ3n) is 3.78. The Morgan fingerprint density at radius 2 is 1.97 bits per heavy atom. The zero-order valence-electron chi connectivity index (χ0n) is 15.7. The lowest BCUT2D eigenvalue weighted by atomic mass is 10.0. The van der Waals surface area contributed by atoms with Crippen molar-refractivity contribution in [3.63, 3.8) is 0 Å². The predicted octanol–water partition coefficient (Wildman–Crippen LogP) is 2.17. The van der Waals surface area contributed by atoms with Crippen molar-refractivity contribution in [3.05, 3.63) is 52.0 Å². The number of nitrogens with one attached hydrogen (secondary N) is 1. The van der Waals surface area contributed by atoms with E-state index >= 15 is 0 Å². The highest BCUT2D eigenvalue weighted by Crippen LogP contribution is 2.39. The van der Waals surface area contributed by atoms with E-state index in [2.05, 4.69) is 21.2 Å². The summed E-state index contributed by atoms with van der Waals surface area (Å²) < 4.78 is 16.2. The normalized spacial score (nSPS) is 11.1. The topological polar surface area (TPSA) is 121 Å². The molecule has 1 atom stereocenters. The van der Waals surface area contributed by atoms with Gasteiger partial charge in [-0.3, -0.25) is 0 Å². The van der Waals surface area contributed by atoms with Gasteiger partial charge in [0.05, 0.1) is 37.4 Å². The summed E-state index contributed by atoms with van der Waals surface area (Å²) >= 11 is 3.31. The van der Waals surface area contributed by atoms with Crippen LogP contribution in [-0.4, -0.2) is 32.3 Å². The van der Waals surface area contributed by atoms with Crippen molar-refractivity contribution in [1.29, 1.82) is 5.26 Å². The summed E-state index contributed by atoms with van der Waals surface area (Å²) in [7, 11) is 1.39. The van der Waals surface area contributed by atoms with E-state index in [0.717, 1.165) is 0 Å². The molecule has 0 bridgehead atoms. The maximum atomic E-state index is 11.9. The number of aliphatic carboxylic acids is 1. The Morgan fingerprint density at radius 1 is 1.28 bits per heavy atom. The Labute approximate surface area is 176 Å². The number of rotatable bonds is 9. The standard InChI is InChI=1S/C20H19BrN2O6/c1-3-28-17(24)11-29-19-15(8-13(21)9-16(19)27-2)18(20(25)26)23-14-6-4-12(10-22)5-7-14/h4-9,18,23H,3,11H2,1-2H3,(H,25,26)/p-1. The van der Waals surface area contributed by atoms with Crippen LogP contribution < -0.4 is 19.9 Å². The van der Waals surface area contributed by atoms with Crippen molar-refractivity contribution < 1.29 is 28.9 Å². The van der Waals surface area contributed by atoms with E-state index in [1.165, 1.54) is 13.2 Å². The third-order valence-corrected chi connectivity index (χ3v) is 4.24. The number of esters is 1. The Hall–Kier alpha value is -3.25. The lowest BCUT2D eigenvalue weighted by Crippen LogP contribution is -2.34. The summed E-state index contributed by atoms with van der Waals surface area (Å²) in [5.74, 6) is -1.73. The first kappa shape index (κ1) is 22.0.